The molecule has 0 radical (unpaired) electrons. The SMILES string of the molecule is Cc1cc(NC(C)ONC(=O)c2cccnc2)nc(C)n1. The van der Waals surface area contributed by atoms with E-state index in [-0.39, 0.29) is 5.91 Å². The molecule has 0 saturated heterocycles. The minimum atomic E-state index is -0.445. The van der Waals surface area contributed by atoms with Crippen molar-refractivity contribution in [3.63, 3.8) is 0 Å². The maximum atomic E-state index is 11.8. The minimum Gasteiger partial charge on any atom is -0.343 e. The lowest BCUT2D eigenvalue weighted by Crippen LogP contribution is -2.32. The molecule has 0 aliphatic heterocycles. The molecule has 21 heavy (non-hydrogen) atoms. The second-order valence-electron chi connectivity index (χ2n) is 4.52. The molecule has 7 heteroatoms. The number of rotatable bonds is 5. The fourth-order valence-electron chi connectivity index (χ4n) is 1.73. The zero-order valence-corrected chi connectivity index (χ0v) is 12.1. The average Bonchev–Trinajstić information content (AvgIpc) is 2.44. The highest BCUT2D eigenvalue weighted by molar-refractivity contribution is 5.93. The number of nitrogens with zero attached hydrogens (tertiary/aromatic N) is 3. The Kier molecular flexibility index (Phi) is 4.78. The summed E-state index contributed by atoms with van der Waals surface area (Å²) in [5.74, 6) is 0.957. The summed E-state index contributed by atoms with van der Waals surface area (Å²) in [6.07, 6.45) is 2.62. The molecule has 0 aliphatic rings. The van der Waals surface area contributed by atoms with Gasteiger partial charge in [0.05, 0.1) is 5.56 Å². The predicted molar refractivity (Wildman–Crippen MR) is 77.4 cm³/mol. The summed E-state index contributed by atoms with van der Waals surface area (Å²) in [5.41, 5.74) is 3.65. The molecule has 0 saturated carbocycles. The second kappa shape index (κ2) is 6.76. The number of nitrogens with one attached hydrogen (secondary N) is 2. The summed E-state index contributed by atoms with van der Waals surface area (Å²) in [6, 6.07) is 5.14. The van der Waals surface area contributed by atoms with Crippen molar-refractivity contribution < 1.29 is 9.63 Å². The molecule has 0 aliphatic carbocycles. The van der Waals surface area contributed by atoms with E-state index >= 15 is 0 Å². The molecule has 0 spiro atoms. The lowest BCUT2D eigenvalue weighted by Gasteiger charge is -2.15. The highest BCUT2D eigenvalue weighted by Gasteiger charge is 2.09. The van der Waals surface area contributed by atoms with E-state index in [0.29, 0.717) is 17.2 Å². The molecule has 2 N–H and O–H groups in total. The first-order valence-electron chi connectivity index (χ1n) is 6.49. The standard InChI is InChI=1S/C14H17N5O2/c1-9-7-13(17-10(2)16-9)18-11(3)21-19-14(20)12-5-4-6-15-8-12/h4-8,11H,1-3H3,(H,19,20)(H,16,17,18). The van der Waals surface area contributed by atoms with Crippen LogP contribution < -0.4 is 10.8 Å². The van der Waals surface area contributed by atoms with Gasteiger partial charge in [-0.15, -0.1) is 0 Å². The van der Waals surface area contributed by atoms with Crippen molar-refractivity contribution in [3.05, 3.63) is 47.7 Å². The van der Waals surface area contributed by atoms with Crippen LogP contribution in [0.25, 0.3) is 0 Å². The zero-order valence-electron chi connectivity index (χ0n) is 12.1. The van der Waals surface area contributed by atoms with E-state index in [1.807, 2.05) is 13.8 Å². The Bertz CT molecular complexity index is 598. The molecule has 0 aromatic carbocycles. The zero-order chi connectivity index (χ0) is 15.2. The summed E-state index contributed by atoms with van der Waals surface area (Å²) < 4.78 is 0. The number of aromatic nitrogens is 3. The summed E-state index contributed by atoms with van der Waals surface area (Å²) in [4.78, 5) is 29.3. The molecule has 7 nitrogen and oxygen atoms in total. The molecule has 2 aromatic rings. The Morgan fingerprint density at radius 3 is 2.81 bits per heavy atom. The number of hydroxylamine groups is 1. The summed E-state index contributed by atoms with van der Waals surface area (Å²) in [5, 5.41) is 3.03. The minimum absolute atomic E-state index is 0.355. The van der Waals surface area contributed by atoms with Crippen LogP contribution in [0.15, 0.2) is 30.6 Å². The molecule has 1 amide bonds. The Morgan fingerprint density at radius 1 is 1.33 bits per heavy atom. The van der Waals surface area contributed by atoms with Crippen molar-refractivity contribution in [2.75, 3.05) is 5.32 Å². The molecule has 2 aromatic heterocycles. The van der Waals surface area contributed by atoms with Crippen LogP contribution in [0.5, 0.6) is 0 Å². The third kappa shape index (κ3) is 4.50. The van der Waals surface area contributed by atoms with Gasteiger partial charge in [-0.25, -0.2) is 20.3 Å². The number of carbonyl (C=O) groups excluding carboxylic acids is 1. The van der Waals surface area contributed by atoms with E-state index < -0.39 is 6.23 Å². The number of aryl methyl sites for hydroxylation is 2. The molecule has 0 bridgehead atoms. The number of pyridine rings is 1. The molecule has 2 heterocycles. The lowest BCUT2D eigenvalue weighted by molar-refractivity contribution is 0.00373. The first-order chi connectivity index (χ1) is 10.0. The van der Waals surface area contributed by atoms with Crippen molar-refractivity contribution in [3.8, 4) is 0 Å². The van der Waals surface area contributed by atoms with Crippen molar-refractivity contribution in [1.29, 1.82) is 0 Å². The highest BCUT2D eigenvalue weighted by atomic mass is 16.7. The first kappa shape index (κ1) is 14.9. The van der Waals surface area contributed by atoms with E-state index in [0.717, 1.165) is 5.69 Å². The second-order valence-corrected chi connectivity index (χ2v) is 4.52. The third-order valence-electron chi connectivity index (χ3n) is 2.57. The Morgan fingerprint density at radius 2 is 2.14 bits per heavy atom. The van der Waals surface area contributed by atoms with E-state index in [1.54, 1.807) is 31.3 Å². The third-order valence-corrected chi connectivity index (χ3v) is 2.57. The maximum absolute atomic E-state index is 11.8. The van der Waals surface area contributed by atoms with Gasteiger partial charge in [-0.1, -0.05) is 0 Å². The molecule has 1 atom stereocenters. The molecule has 2 rings (SSSR count). The molecule has 0 fully saturated rings. The van der Waals surface area contributed by atoms with Crippen LogP contribution in [0.2, 0.25) is 0 Å². The van der Waals surface area contributed by atoms with Gasteiger partial charge in [-0.3, -0.25) is 9.78 Å². The number of hydrogen-bond acceptors (Lipinski definition) is 6. The summed E-state index contributed by atoms with van der Waals surface area (Å²) >= 11 is 0. The first-order valence-corrected chi connectivity index (χ1v) is 6.49. The fraction of sp³-hybridized carbons (Fsp3) is 0.286. The van der Waals surface area contributed by atoms with Crippen LogP contribution in [-0.4, -0.2) is 27.1 Å². The van der Waals surface area contributed by atoms with Crippen molar-refractivity contribution in [2.24, 2.45) is 0 Å². The van der Waals surface area contributed by atoms with E-state index in [1.165, 1.54) is 6.20 Å². The molecular formula is C14H17N5O2. The van der Waals surface area contributed by atoms with E-state index in [4.69, 9.17) is 4.84 Å². The monoisotopic (exact) mass is 287 g/mol. The van der Waals surface area contributed by atoms with Crippen molar-refractivity contribution >= 4 is 11.7 Å². The Labute approximate surface area is 122 Å². The van der Waals surface area contributed by atoms with Crippen LogP contribution in [0, 0.1) is 13.8 Å². The fourth-order valence-corrected chi connectivity index (χ4v) is 1.73. The Balaban J connectivity index is 1.87. The van der Waals surface area contributed by atoms with Crippen LogP contribution >= 0.6 is 0 Å². The van der Waals surface area contributed by atoms with Crippen molar-refractivity contribution in [1.82, 2.24) is 20.4 Å². The van der Waals surface area contributed by atoms with Crippen LogP contribution in [-0.2, 0) is 4.84 Å². The number of carbonyl (C=O) groups is 1. The normalized spacial score (nSPS) is 11.8. The van der Waals surface area contributed by atoms with E-state index in [9.17, 15) is 4.79 Å². The van der Waals surface area contributed by atoms with Crippen LogP contribution in [0.4, 0.5) is 5.82 Å². The van der Waals surface area contributed by atoms with Gasteiger partial charge in [0.15, 0.2) is 6.23 Å². The van der Waals surface area contributed by atoms with Gasteiger partial charge in [0.2, 0.25) is 0 Å². The van der Waals surface area contributed by atoms with Gasteiger partial charge in [0.1, 0.15) is 11.6 Å². The van der Waals surface area contributed by atoms with Gasteiger partial charge in [0, 0.05) is 24.2 Å². The van der Waals surface area contributed by atoms with Gasteiger partial charge in [-0.2, -0.15) is 0 Å². The van der Waals surface area contributed by atoms with E-state index in [2.05, 4.69) is 25.7 Å². The van der Waals surface area contributed by atoms with Crippen LogP contribution in [0.3, 0.4) is 0 Å². The van der Waals surface area contributed by atoms with Gasteiger partial charge >= 0.3 is 0 Å². The average molecular weight is 287 g/mol. The topological polar surface area (TPSA) is 89.0 Å². The molecule has 110 valence electrons. The smallest absolute Gasteiger partial charge is 0.276 e. The largest absolute Gasteiger partial charge is 0.343 e. The summed E-state index contributed by atoms with van der Waals surface area (Å²) in [7, 11) is 0. The molecule has 1 unspecified atom stereocenters. The highest BCUT2D eigenvalue weighted by Crippen LogP contribution is 2.07. The number of amides is 1. The summed E-state index contributed by atoms with van der Waals surface area (Å²) in [6.45, 7) is 5.46. The van der Waals surface area contributed by atoms with Gasteiger partial charge < -0.3 is 5.32 Å². The number of hydrogen-bond donors (Lipinski definition) is 2. The number of anilines is 1. The van der Waals surface area contributed by atoms with Crippen molar-refractivity contribution in [2.45, 2.75) is 27.0 Å². The maximum Gasteiger partial charge on any atom is 0.276 e. The van der Waals surface area contributed by atoms with Gasteiger partial charge in [-0.05, 0) is 32.9 Å². The van der Waals surface area contributed by atoms with Gasteiger partial charge in [0.25, 0.3) is 5.91 Å². The Hall–Kier alpha value is -2.54. The van der Waals surface area contributed by atoms with Crippen LogP contribution in [0.1, 0.15) is 28.8 Å². The quantitative estimate of drug-likeness (QED) is 0.641. The predicted octanol–water partition coefficient (Wildman–Crippen LogP) is 1.61. The lowest BCUT2D eigenvalue weighted by atomic mass is 10.3. The molecular weight excluding hydrogens is 270 g/mol.